The topological polar surface area (TPSA) is 59.3 Å². The molecule has 0 radical (unpaired) electrons. The summed E-state index contributed by atoms with van der Waals surface area (Å²) in [5.41, 5.74) is 0. The van der Waals surface area contributed by atoms with E-state index in [1.165, 1.54) is 19.4 Å². The third-order valence-corrected chi connectivity index (χ3v) is 0.601. The van der Waals surface area contributed by atoms with Gasteiger partial charge < -0.3 is 9.47 Å². The van der Waals surface area contributed by atoms with Gasteiger partial charge in [-0.05, 0) is 13.8 Å². The van der Waals surface area contributed by atoms with Crippen molar-refractivity contribution in [3.63, 3.8) is 0 Å². The minimum Gasteiger partial charge on any atom is -0.403 e. The van der Waals surface area contributed by atoms with Crippen LogP contribution in [0.3, 0.4) is 0 Å². The summed E-state index contributed by atoms with van der Waals surface area (Å²) < 4.78 is 8.80. The summed E-state index contributed by atoms with van der Waals surface area (Å²) in [6.07, 6.45) is 4.97. The van der Waals surface area contributed by atoms with Crippen LogP contribution in [-0.2, 0) is 9.47 Å². The summed E-state index contributed by atoms with van der Waals surface area (Å²) in [5, 5.41) is 7.32. The van der Waals surface area contributed by atoms with Crippen LogP contribution in [-0.4, -0.2) is 6.16 Å². The van der Waals surface area contributed by atoms with Gasteiger partial charge in [0.1, 0.15) is 0 Å². The molecular weight excluding hydrogens is 170 g/mol. The SMILES string of the molecule is CC#N.CC=COC(=O)OC=CC. The summed E-state index contributed by atoms with van der Waals surface area (Å²) in [4.78, 5) is 10.4. The van der Waals surface area contributed by atoms with E-state index in [9.17, 15) is 4.79 Å². The minimum atomic E-state index is -0.726. The van der Waals surface area contributed by atoms with E-state index in [1.807, 2.05) is 0 Å². The molecule has 4 heteroatoms. The smallest absolute Gasteiger partial charge is 0.403 e. The lowest BCUT2D eigenvalue weighted by Crippen LogP contribution is -1.97. The summed E-state index contributed by atoms with van der Waals surface area (Å²) in [6, 6.07) is 1.75. The standard InChI is InChI=1S/C7H10O3.C2H3N/c1-3-5-9-7(8)10-6-4-2;1-2-3/h3-6H,1-2H3;1H3. The monoisotopic (exact) mass is 183 g/mol. The van der Waals surface area contributed by atoms with E-state index in [0.29, 0.717) is 0 Å². The molecule has 0 aromatic carbocycles. The molecule has 0 spiro atoms. The van der Waals surface area contributed by atoms with E-state index in [4.69, 9.17) is 5.26 Å². The number of rotatable bonds is 2. The molecule has 4 nitrogen and oxygen atoms in total. The van der Waals surface area contributed by atoms with Crippen molar-refractivity contribution < 1.29 is 14.3 Å². The van der Waals surface area contributed by atoms with E-state index in [1.54, 1.807) is 32.1 Å². The number of carbonyl (C=O) groups is 1. The quantitative estimate of drug-likeness (QED) is 0.487. The van der Waals surface area contributed by atoms with Crippen molar-refractivity contribution in [1.29, 1.82) is 5.26 Å². The van der Waals surface area contributed by atoms with Gasteiger partial charge in [-0.15, -0.1) is 0 Å². The Bertz CT molecular complexity index is 197. The van der Waals surface area contributed by atoms with E-state index in [2.05, 4.69) is 9.47 Å². The van der Waals surface area contributed by atoms with Gasteiger partial charge in [0.25, 0.3) is 0 Å². The van der Waals surface area contributed by atoms with Gasteiger partial charge in [0.2, 0.25) is 0 Å². The third kappa shape index (κ3) is 17.9. The van der Waals surface area contributed by atoms with Crippen molar-refractivity contribution in [2.45, 2.75) is 20.8 Å². The number of hydrogen-bond acceptors (Lipinski definition) is 4. The van der Waals surface area contributed by atoms with E-state index in [0.717, 1.165) is 0 Å². The van der Waals surface area contributed by atoms with E-state index < -0.39 is 6.16 Å². The van der Waals surface area contributed by atoms with Crippen LogP contribution in [0.1, 0.15) is 20.8 Å². The zero-order valence-electron chi connectivity index (χ0n) is 7.98. The average molecular weight is 183 g/mol. The largest absolute Gasteiger partial charge is 0.518 e. The molecule has 0 atom stereocenters. The van der Waals surface area contributed by atoms with Crippen molar-refractivity contribution in [1.82, 2.24) is 0 Å². The Labute approximate surface area is 78.1 Å². The van der Waals surface area contributed by atoms with Crippen molar-refractivity contribution in [3.8, 4) is 6.07 Å². The number of ether oxygens (including phenoxy) is 2. The van der Waals surface area contributed by atoms with Gasteiger partial charge in [-0.2, -0.15) is 5.26 Å². The molecule has 0 rings (SSSR count). The van der Waals surface area contributed by atoms with Gasteiger partial charge in [-0.3, -0.25) is 0 Å². The van der Waals surface area contributed by atoms with Crippen LogP contribution in [0.25, 0.3) is 0 Å². The molecule has 0 amide bonds. The number of carbonyl (C=O) groups excluding carboxylic acids is 1. The van der Waals surface area contributed by atoms with Crippen molar-refractivity contribution in [2.75, 3.05) is 0 Å². The highest BCUT2D eigenvalue weighted by molar-refractivity contribution is 5.61. The van der Waals surface area contributed by atoms with Gasteiger partial charge in [0, 0.05) is 6.92 Å². The second-order valence-corrected chi connectivity index (χ2v) is 1.65. The van der Waals surface area contributed by atoms with Crippen molar-refractivity contribution in [2.24, 2.45) is 0 Å². The fourth-order valence-electron chi connectivity index (χ4n) is 0.275. The lowest BCUT2D eigenvalue weighted by Gasteiger charge is -1.93. The highest BCUT2D eigenvalue weighted by atomic mass is 16.7. The van der Waals surface area contributed by atoms with Crippen molar-refractivity contribution >= 4 is 6.16 Å². The molecule has 0 aromatic heterocycles. The van der Waals surface area contributed by atoms with Crippen molar-refractivity contribution in [3.05, 3.63) is 24.7 Å². The summed E-state index contributed by atoms with van der Waals surface area (Å²) in [6.45, 7) is 4.91. The van der Waals surface area contributed by atoms with Crippen LogP contribution in [0, 0.1) is 11.3 Å². The van der Waals surface area contributed by atoms with E-state index in [-0.39, 0.29) is 0 Å². The normalized spacial score (nSPS) is 8.77. The maximum atomic E-state index is 10.4. The molecule has 0 heterocycles. The molecule has 0 saturated carbocycles. The van der Waals surface area contributed by atoms with Gasteiger partial charge in [0.15, 0.2) is 0 Å². The lowest BCUT2D eigenvalue weighted by atomic mass is 10.7. The Morgan fingerprint density at radius 3 is 1.77 bits per heavy atom. The molecule has 0 fully saturated rings. The van der Waals surface area contributed by atoms with Crippen LogP contribution in [0.4, 0.5) is 4.79 Å². The second kappa shape index (κ2) is 12.9. The van der Waals surface area contributed by atoms with Crippen LogP contribution >= 0.6 is 0 Å². The molecule has 0 aliphatic carbocycles. The zero-order valence-corrected chi connectivity index (χ0v) is 7.98. The van der Waals surface area contributed by atoms with Crippen LogP contribution in [0.15, 0.2) is 24.7 Å². The lowest BCUT2D eigenvalue weighted by molar-refractivity contribution is 0.119. The molecule has 72 valence electrons. The Hall–Kier alpha value is -1.76. The van der Waals surface area contributed by atoms with E-state index >= 15 is 0 Å². The average Bonchev–Trinajstić information content (AvgIpc) is 2.12. The fraction of sp³-hybridized carbons (Fsp3) is 0.333. The number of hydrogen-bond donors (Lipinski definition) is 0. The summed E-state index contributed by atoms with van der Waals surface area (Å²) in [7, 11) is 0. The first-order chi connectivity index (χ1) is 6.22. The Kier molecular flexibility index (Phi) is 13.7. The molecule has 0 aromatic rings. The minimum absolute atomic E-state index is 0.726. The maximum absolute atomic E-state index is 10.4. The molecule has 0 saturated heterocycles. The highest BCUT2D eigenvalue weighted by Crippen LogP contribution is 1.86. The van der Waals surface area contributed by atoms with Gasteiger partial charge in [0.05, 0.1) is 18.6 Å². The van der Waals surface area contributed by atoms with Gasteiger partial charge in [-0.1, -0.05) is 12.2 Å². The zero-order chi connectivity index (χ0) is 10.5. The predicted molar refractivity (Wildman–Crippen MR) is 48.5 cm³/mol. The molecule has 0 unspecified atom stereocenters. The Morgan fingerprint density at radius 1 is 1.23 bits per heavy atom. The molecule has 0 aliphatic rings. The van der Waals surface area contributed by atoms with Crippen LogP contribution in [0.2, 0.25) is 0 Å². The molecule has 0 bridgehead atoms. The molecule has 0 aliphatic heterocycles. The number of allylic oxidation sites excluding steroid dienone is 2. The third-order valence-electron chi connectivity index (χ3n) is 0.601. The first-order valence-corrected chi connectivity index (χ1v) is 3.63. The van der Waals surface area contributed by atoms with Crippen LogP contribution in [0.5, 0.6) is 0 Å². The Balaban J connectivity index is 0. The number of nitriles is 1. The molecule has 13 heavy (non-hydrogen) atoms. The maximum Gasteiger partial charge on any atom is 0.518 e. The second-order valence-electron chi connectivity index (χ2n) is 1.65. The number of nitrogens with zero attached hydrogens (tertiary/aromatic N) is 1. The first kappa shape index (κ1) is 13.8. The van der Waals surface area contributed by atoms with Crippen LogP contribution < -0.4 is 0 Å². The predicted octanol–water partition coefficient (Wildman–Crippen LogP) is 2.74. The molecular formula is C9H13NO3. The highest BCUT2D eigenvalue weighted by Gasteiger charge is 1.94. The molecule has 0 N–H and O–H groups in total. The Morgan fingerprint density at radius 2 is 1.54 bits per heavy atom. The van der Waals surface area contributed by atoms with Gasteiger partial charge in [-0.25, -0.2) is 4.79 Å². The first-order valence-electron chi connectivity index (χ1n) is 3.63. The summed E-state index contributed by atoms with van der Waals surface area (Å²) >= 11 is 0. The summed E-state index contributed by atoms with van der Waals surface area (Å²) in [5.74, 6) is 0. The van der Waals surface area contributed by atoms with Gasteiger partial charge >= 0.3 is 6.16 Å². The fourth-order valence-corrected chi connectivity index (χ4v) is 0.275.